The minimum Gasteiger partial charge on any atom is -0.360 e. The molecule has 0 radical (unpaired) electrons. The number of carbonyl (C=O) groups excluding carboxylic acids is 1. The lowest BCUT2D eigenvalue weighted by Gasteiger charge is -2.17. The summed E-state index contributed by atoms with van der Waals surface area (Å²) in [5, 5.41) is 1.01. The number of fused-ring (bicyclic) bond motifs is 1. The Morgan fingerprint density at radius 1 is 1.47 bits per heavy atom. The highest BCUT2D eigenvalue weighted by molar-refractivity contribution is 9.10. The molecule has 102 valence electrons. The van der Waals surface area contributed by atoms with Crippen molar-refractivity contribution < 1.29 is 4.79 Å². The molecular weight excluding hydrogens is 304 g/mol. The lowest BCUT2D eigenvalue weighted by atomic mass is 10.0. The second-order valence-corrected chi connectivity index (χ2v) is 5.81. The fourth-order valence-corrected chi connectivity index (χ4v) is 3.08. The second-order valence-electron chi connectivity index (χ2n) is 4.90. The molecule has 2 aromatic rings. The van der Waals surface area contributed by atoms with Crippen molar-refractivity contribution in [2.75, 3.05) is 13.6 Å². The van der Waals surface area contributed by atoms with Crippen molar-refractivity contribution >= 4 is 32.6 Å². The molecule has 0 saturated carbocycles. The quantitative estimate of drug-likeness (QED) is 0.853. The Morgan fingerprint density at radius 2 is 2.26 bits per heavy atom. The molecule has 1 unspecified atom stereocenters. The van der Waals surface area contributed by atoms with Crippen LogP contribution in [0.2, 0.25) is 0 Å². The van der Waals surface area contributed by atoms with Crippen LogP contribution in [0.15, 0.2) is 28.9 Å². The van der Waals surface area contributed by atoms with Crippen molar-refractivity contribution in [1.29, 1.82) is 0 Å². The molecule has 3 rings (SSSR count). The zero-order valence-electron chi connectivity index (χ0n) is 10.2. The van der Waals surface area contributed by atoms with Gasteiger partial charge in [-0.3, -0.25) is 9.69 Å². The first-order chi connectivity index (χ1) is 8.66. The highest BCUT2D eigenvalue weighted by Crippen LogP contribution is 2.26. The first-order valence-electron chi connectivity index (χ1n) is 6.18. The third kappa shape index (κ3) is 2.47. The number of rotatable bonds is 2. The molecule has 1 fully saturated rings. The number of carbonyl (C=O) groups is 1. The summed E-state index contributed by atoms with van der Waals surface area (Å²) >= 11 is 3.46. The Hall–Kier alpha value is -1.13. The second kappa shape index (κ2) is 5.47. The van der Waals surface area contributed by atoms with Gasteiger partial charge in [0.2, 0.25) is 0 Å². The van der Waals surface area contributed by atoms with E-state index in [-0.39, 0.29) is 19.3 Å². The number of Topliss-reactive ketones (excluding diaryl/α,β-unsaturated/α-hetero) is 1. The van der Waals surface area contributed by atoms with E-state index in [1.54, 1.807) is 0 Å². The molecule has 1 aliphatic rings. The molecule has 0 spiro atoms. The van der Waals surface area contributed by atoms with Gasteiger partial charge in [0.05, 0.1) is 6.04 Å². The van der Waals surface area contributed by atoms with Gasteiger partial charge < -0.3 is 4.98 Å². The molecule has 0 amide bonds. The SMILES string of the molecule is C.CN1CCCC1C(=O)c1c[nH]c2ccc(Br)cc12. The van der Waals surface area contributed by atoms with Crippen molar-refractivity contribution in [3.8, 4) is 0 Å². The summed E-state index contributed by atoms with van der Waals surface area (Å²) in [6.45, 7) is 1.02. The predicted octanol–water partition coefficient (Wildman–Crippen LogP) is 3.84. The number of aromatic nitrogens is 1. The van der Waals surface area contributed by atoms with E-state index in [9.17, 15) is 4.79 Å². The highest BCUT2D eigenvalue weighted by Gasteiger charge is 2.29. The third-order valence-corrected chi connectivity index (χ3v) is 4.23. The van der Waals surface area contributed by atoms with Gasteiger partial charge in [0.1, 0.15) is 0 Å². The number of hydrogen-bond acceptors (Lipinski definition) is 2. The van der Waals surface area contributed by atoms with Crippen LogP contribution in [0, 0.1) is 0 Å². The van der Waals surface area contributed by atoms with Crippen molar-refractivity contribution in [2.24, 2.45) is 0 Å². The van der Waals surface area contributed by atoms with Gasteiger partial charge in [0.25, 0.3) is 0 Å². The van der Waals surface area contributed by atoms with Crippen LogP contribution >= 0.6 is 15.9 Å². The van der Waals surface area contributed by atoms with E-state index in [0.29, 0.717) is 0 Å². The topological polar surface area (TPSA) is 36.1 Å². The summed E-state index contributed by atoms with van der Waals surface area (Å²) in [7, 11) is 2.03. The van der Waals surface area contributed by atoms with Gasteiger partial charge in [-0.05, 0) is 44.6 Å². The summed E-state index contributed by atoms with van der Waals surface area (Å²) in [5.74, 6) is 0.236. The Balaban J connectivity index is 0.00000133. The fraction of sp³-hybridized carbons (Fsp3) is 0.400. The maximum Gasteiger partial charge on any atom is 0.182 e. The summed E-state index contributed by atoms with van der Waals surface area (Å²) in [6, 6.07) is 6.03. The van der Waals surface area contributed by atoms with E-state index in [4.69, 9.17) is 0 Å². The Labute approximate surface area is 122 Å². The Morgan fingerprint density at radius 3 is 2.95 bits per heavy atom. The predicted molar refractivity (Wildman–Crippen MR) is 82.7 cm³/mol. The maximum absolute atomic E-state index is 12.6. The van der Waals surface area contributed by atoms with Gasteiger partial charge >= 0.3 is 0 Å². The van der Waals surface area contributed by atoms with E-state index < -0.39 is 0 Å². The smallest absolute Gasteiger partial charge is 0.182 e. The summed E-state index contributed by atoms with van der Waals surface area (Å²) < 4.78 is 1.00. The number of halogens is 1. The van der Waals surface area contributed by atoms with Crippen LogP contribution in [-0.4, -0.2) is 35.3 Å². The van der Waals surface area contributed by atoms with Gasteiger partial charge in [-0.1, -0.05) is 23.4 Å². The average Bonchev–Trinajstić information content (AvgIpc) is 2.94. The first-order valence-corrected chi connectivity index (χ1v) is 6.97. The van der Waals surface area contributed by atoms with Crippen LogP contribution in [0.3, 0.4) is 0 Å². The number of H-pyrrole nitrogens is 1. The molecule has 1 aromatic heterocycles. The monoisotopic (exact) mass is 322 g/mol. The molecule has 3 nitrogen and oxygen atoms in total. The normalized spacial score (nSPS) is 19.6. The number of nitrogens with zero attached hydrogens (tertiary/aromatic N) is 1. The number of hydrogen-bond donors (Lipinski definition) is 1. The minimum atomic E-state index is 0. The van der Waals surface area contributed by atoms with Gasteiger partial charge in [0.15, 0.2) is 5.78 Å². The van der Waals surface area contributed by atoms with Gasteiger partial charge in [-0.15, -0.1) is 0 Å². The molecule has 1 aliphatic heterocycles. The Kier molecular flexibility index (Phi) is 4.11. The van der Waals surface area contributed by atoms with E-state index >= 15 is 0 Å². The van der Waals surface area contributed by atoms with Gasteiger partial charge in [0, 0.05) is 27.1 Å². The standard InChI is InChI=1S/C14H15BrN2O.CH4/c1-17-6-2-3-13(17)14(18)11-8-16-12-5-4-9(15)7-10(11)12;/h4-5,7-8,13,16H,2-3,6H2,1H3;1H4. The molecule has 0 bridgehead atoms. The summed E-state index contributed by atoms with van der Waals surface area (Å²) in [5.41, 5.74) is 1.83. The van der Waals surface area contributed by atoms with Crippen molar-refractivity contribution in [3.63, 3.8) is 0 Å². The van der Waals surface area contributed by atoms with Gasteiger partial charge in [-0.25, -0.2) is 0 Å². The van der Waals surface area contributed by atoms with Crippen molar-refractivity contribution in [1.82, 2.24) is 9.88 Å². The molecule has 19 heavy (non-hydrogen) atoms. The van der Waals surface area contributed by atoms with Crippen LogP contribution in [0.4, 0.5) is 0 Å². The van der Waals surface area contributed by atoms with Crippen LogP contribution in [0.25, 0.3) is 10.9 Å². The number of nitrogens with one attached hydrogen (secondary N) is 1. The Bertz CT molecular complexity index is 605. The molecule has 1 atom stereocenters. The molecule has 1 saturated heterocycles. The van der Waals surface area contributed by atoms with Crippen LogP contribution in [0.1, 0.15) is 30.6 Å². The molecule has 2 heterocycles. The minimum absolute atomic E-state index is 0. The third-order valence-electron chi connectivity index (χ3n) is 3.73. The summed E-state index contributed by atoms with van der Waals surface area (Å²) in [6.07, 6.45) is 3.92. The summed E-state index contributed by atoms with van der Waals surface area (Å²) in [4.78, 5) is 17.9. The molecule has 4 heteroatoms. The van der Waals surface area contributed by atoms with E-state index in [0.717, 1.165) is 40.3 Å². The molecule has 1 N–H and O–H groups in total. The maximum atomic E-state index is 12.6. The largest absolute Gasteiger partial charge is 0.360 e. The molecular formula is C15H19BrN2O. The lowest BCUT2D eigenvalue weighted by molar-refractivity contribution is 0.0892. The number of benzene rings is 1. The fourth-order valence-electron chi connectivity index (χ4n) is 2.72. The zero-order valence-corrected chi connectivity index (χ0v) is 11.8. The average molecular weight is 323 g/mol. The zero-order chi connectivity index (χ0) is 12.7. The van der Waals surface area contributed by atoms with Crippen LogP contribution in [-0.2, 0) is 0 Å². The van der Waals surface area contributed by atoms with Crippen LogP contribution in [0.5, 0.6) is 0 Å². The number of aromatic amines is 1. The number of ketones is 1. The molecule has 0 aliphatic carbocycles. The molecule has 1 aromatic carbocycles. The number of likely N-dealkylation sites (tertiary alicyclic amines) is 1. The van der Waals surface area contributed by atoms with Crippen LogP contribution < -0.4 is 0 Å². The van der Waals surface area contributed by atoms with E-state index in [2.05, 4.69) is 25.8 Å². The number of likely N-dealkylation sites (N-methyl/N-ethyl adjacent to an activating group) is 1. The highest BCUT2D eigenvalue weighted by atomic mass is 79.9. The van der Waals surface area contributed by atoms with E-state index in [1.165, 1.54) is 0 Å². The van der Waals surface area contributed by atoms with E-state index in [1.807, 2.05) is 31.4 Å². The lowest BCUT2D eigenvalue weighted by Crippen LogP contribution is -2.32. The van der Waals surface area contributed by atoms with Crippen molar-refractivity contribution in [3.05, 3.63) is 34.4 Å². The first kappa shape index (κ1) is 14.3. The van der Waals surface area contributed by atoms with Gasteiger partial charge in [-0.2, -0.15) is 0 Å². The van der Waals surface area contributed by atoms with Crippen molar-refractivity contribution in [2.45, 2.75) is 26.3 Å².